The zero-order chi connectivity index (χ0) is 13.9. The van der Waals surface area contributed by atoms with Gasteiger partial charge in [-0.2, -0.15) is 13.2 Å². The third-order valence-corrected chi connectivity index (χ3v) is 2.69. The van der Waals surface area contributed by atoms with Gasteiger partial charge in [-0.15, -0.1) is 0 Å². The van der Waals surface area contributed by atoms with Crippen LogP contribution in [0, 0.1) is 0 Å². The topological polar surface area (TPSA) is 41.8 Å². The minimum Gasteiger partial charge on any atom is -0.507 e. The van der Waals surface area contributed by atoms with E-state index in [9.17, 15) is 18.3 Å². The normalized spacial score (nSPS) is 16.2. The van der Waals surface area contributed by atoms with E-state index in [0.29, 0.717) is 25.3 Å². The smallest absolute Gasteiger partial charge is 0.416 e. The lowest BCUT2D eigenvalue weighted by molar-refractivity contribution is -0.137. The van der Waals surface area contributed by atoms with Crippen molar-refractivity contribution >= 4 is 6.21 Å². The molecular weight excluding hydrogens is 259 g/mol. The summed E-state index contributed by atoms with van der Waals surface area (Å²) in [6, 6.07) is 2.81. The molecule has 0 aromatic heterocycles. The number of aromatic hydroxyl groups is 1. The Hall–Kier alpha value is -1.56. The molecule has 1 saturated carbocycles. The van der Waals surface area contributed by atoms with Gasteiger partial charge in [0.1, 0.15) is 5.75 Å². The van der Waals surface area contributed by atoms with Crippen LogP contribution >= 0.6 is 0 Å². The van der Waals surface area contributed by atoms with Crippen LogP contribution in [0.3, 0.4) is 0 Å². The average molecular weight is 273 g/mol. The van der Waals surface area contributed by atoms with Gasteiger partial charge in [-0.3, -0.25) is 4.99 Å². The summed E-state index contributed by atoms with van der Waals surface area (Å²) in [6.45, 7) is 0.916. The largest absolute Gasteiger partial charge is 0.507 e. The number of rotatable bonds is 5. The van der Waals surface area contributed by atoms with Crippen LogP contribution in [0.2, 0.25) is 0 Å². The highest BCUT2D eigenvalue weighted by molar-refractivity contribution is 5.83. The number of phenolic OH excluding ortho intramolecular Hbond substituents is 1. The Morgan fingerprint density at radius 2 is 2.11 bits per heavy atom. The number of halogens is 3. The lowest BCUT2D eigenvalue weighted by atomic mass is 10.1. The third-order valence-electron chi connectivity index (χ3n) is 2.69. The Labute approximate surface area is 108 Å². The molecule has 0 saturated heterocycles. The average Bonchev–Trinajstić information content (AvgIpc) is 3.13. The van der Waals surface area contributed by atoms with Crippen molar-refractivity contribution in [3.63, 3.8) is 0 Å². The van der Waals surface area contributed by atoms with E-state index in [4.69, 9.17) is 4.74 Å². The van der Waals surface area contributed by atoms with Crippen LogP contribution in [0.15, 0.2) is 23.2 Å². The van der Waals surface area contributed by atoms with E-state index in [2.05, 4.69) is 4.99 Å². The maximum atomic E-state index is 12.4. The summed E-state index contributed by atoms with van der Waals surface area (Å²) in [5.74, 6) is -0.429. The number of nitrogens with zero attached hydrogens (tertiary/aromatic N) is 1. The summed E-state index contributed by atoms with van der Waals surface area (Å²) in [6.07, 6.45) is -0.571. The molecule has 0 spiro atoms. The first-order valence-corrected chi connectivity index (χ1v) is 5.98. The summed E-state index contributed by atoms with van der Waals surface area (Å²) in [7, 11) is 0. The van der Waals surface area contributed by atoms with E-state index < -0.39 is 17.5 Å². The van der Waals surface area contributed by atoms with Gasteiger partial charge in [-0.05, 0) is 31.0 Å². The molecule has 1 aliphatic carbocycles. The van der Waals surface area contributed by atoms with Crippen LogP contribution in [-0.4, -0.2) is 30.6 Å². The Morgan fingerprint density at radius 1 is 1.37 bits per heavy atom. The molecule has 1 aromatic rings. The van der Waals surface area contributed by atoms with Crippen LogP contribution in [0.1, 0.15) is 24.0 Å². The van der Waals surface area contributed by atoms with Gasteiger partial charge in [0, 0.05) is 11.8 Å². The van der Waals surface area contributed by atoms with Crippen LogP contribution in [-0.2, 0) is 10.9 Å². The fourth-order valence-electron chi connectivity index (χ4n) is 1.50. The first-order chi connectivity index (χ1) is 8.97. The molecule has 0 bridgehead atoms. The highest BCUT2D eigenvalue weighted by atomic mass is 19.4. The van der Waals surface area contributed by atoms with Gasteiger partial charge in [-0.25, -0.2) is 0 Å². The molecule has 1 fully saturated rings. The molecule has 104 valence electrons. The Morgan fingerprint density at radius 3 is 2.68 bits per heavy atom. The molecule has 3 nitrogen and oxygen atoms in total. The summed E-state index contributed by atoms with van der Waals surface area (Å²) >= 11 is 0. The van der Waals surface area contributed by atoms with E-state index in [1.165, 1.54) is 12.3 Å². The lowest BCUT2D eigenvalue weighted by Gasteiger charge is -2.07. The summed E-state index contributed by atoms with van der Waals surface area (Å²) in [5.41, 5.74) is -0.612. The molecule has 0 radical (unpaired) electrons. The number of alkyl halides is 3. The quantitative estimate of drug-likeness (QED) is 0.662. The first kappa shape index (κ1) is 13.9. The Bertz CT molecular complexity index is 467. The second kappa shape index (κ2) is 5.61. The van der Waals surface area contributed by atoms with Crippen LogP contribution in [0.5, 0.6) is 5.75 Å². The molecule has 1 N–H and O–H groups in total. The molecule has 0 aliphatic heterocycles. The fraction of sp³-hybridized carbons (Fsp3) is 0.462. The van der Waals surface area contributed by atoms with Crippen molar-refractivity contribution in [1.29, 1.82) is 0 Å². The van der Waals surface area contributed by atoms with Crippen molar-refractivity contribution in [2.45, 2.75) is 25.1 Å². The van der Waals surface area contributed by atoms with Crippen molar-refractivity contribution in [3.05, 3.63) is 29.3 Å². The maximum absolute atomic E-state index is 12.4. The van der Waals surface area contributed by atoms with E-state index in [1.54, 1.807) is 0 Å². The molecule has 19 heavy (non-hydrogen) atoms. The lowest BCUT2D eigenvalue weighted by Crippen LogP contribution is -2.05. The summed E-state index contributed by atoms with van der Waals surface area (Å²) in [5, 5.41) is 9.49. The highest BCUT2D eigenvalue weighted by Gasteiger charge is 2.30. The number of aliphatic imine (C=N–C) groups is 1. The highest BCUT2D eigenvalue weighted by Crippen LogP contribution is 2.32. The van der Waals surface area contributed by atoms with Gasteiger partial charge < -0.3 is 9.84 Å². The number of ether oxygens (including phenoxy) is 1. The predicted molar refractivity (Wildman–Crippen MR) is 64.5 cm³/mol. The van der Waals surface area contributed by atoms with Gasteiger partial charge in [0.15, 0.2) is 0 Å². The van der Waals surface area contributed by atoms with Crippen molar-refractivity contribution in [3.8, 4) is 5.75 Å². The van der Waals surface area contributed by atoms with Crippen molar-refractivity contribution < 1.29 is 23.0 Å². The molecule has 6 heteroatoms. The molecule has 0 atom stereocenters. The van der Waals surface area contributed by atoms with Crippen LogP contribution in [0.4, 0.5) is 13.2 Å². The molecule has 0 heterocycles. The monoisotopic (exact) mass is 273 g/mol. The van der Waals surface area contributed by atoms with Crippen LogP contribution in [0.25, 0.3) is 0 Å². The first-order valence-electron chi connectivity index (χ1n) is 5.98. The summed E-state index contributed by atoms with van der Waals surface area (Å²) in [4.78, 5) is 4.00. The molecular formula is C13H14F3NO2. The fourth-order valence-corrected chi connectivity index (χ4v) is 1.50. The van der Waals surface area contributed by atoms with Crippen LogP contribution < -0.4 is 0 Å². The molecule has 1 aliphatic rings. The zero-order valence-corrected chi connectivity index (χ0v) is 10.2. The van der Waals surface area contributed by atoms with Gasteiger partial charge in [0.25, 0.3) is 0 Å². The number of hydrogen-bond acceptors (Lipinski definition) is 3. The Kier molecular flexibility index (Phi) is 4.09. The minimum absolute atomic E-state index is 0.263. The van der Waals surface area contributed by atoms with Gasteiger partial charge in [0.2, 0.25) is 0 Å². The third kappa shape index (κ3) is 4.24. The van der Waals surface area contributed by atoms with E-state index in [0.717, 1.165) is 18.9 Å². The van der Waals surface area contributed by atoms with Crippen molar-refractivity contribution in [2.24, 2.45) is 4.99 Å². The van der Waals surface area contributed by atoms with Crippen molar-refractivity contribution in [2.75, 3.05) is 13.2 Å². The molecule has 0 amide bonds. The second-order valence-corrected chi connectivity index (χ2v) is 4.38. The molecule has 1 aromatic carbocycles. The van der Waals surface area contributed by atoms with E-state index in [-0.39, 0.29) is 5.56 Å². The van der Waals surface area contributed by atoms with Gasteiger partial charge in [0.05, 0.1) is 24.8 Å². The van der Waals surface area contributed by atoms with Gasteiger partial charge >= 0.3 is 6.18 Å². The predicted octanol–water partition coefficient (Wildman–Crippen LogP) is 3.01. The number of benzene rings is 1. The van der Waals surface area contributed by atoms with E-state index >= 15 is 0 Å². The van der Waals surface area contributed by atoms with Gasteiger partial charge in [-0.1, -0.05) is 0 Å². The zero-order valence-electron chi connectivity index (χ0n) is 10.2. The van der Waals surface area contributed by atoms with Crippen molar-refractivity contribution in [1.82, 2.24) is 0 Å². The van der Waals surface area contributed by atoms with E-state index in [1.807, 2.05) is 0 Å². The summed E-state index contributed by atoms with van der Waals surface area (Å²) < 4.78 is 42.5. The number of hydrogen-bond donors (Lipinski definition) is 1. The Balaban J connectivity index is 1.90. The maximum Gasteiger partial charge on any atom is 0.416 e. The minimum atomic E-state index is -4.45. The SMILES string of the molecule is Oc1cc(C(F)(F)F)ccc1/C=N/CCOC1CC1. The second-order valence-electron chi connectivity index (χ2n) is 4.38. The standard InChI is InChI=1S/C13H14F3NO2/c14-13(15,16)10-2-1-9(12(18)7-10)8-17-5-6-19-11-3-4-11/h1-2,7-8,11,18H,3-6H2/b17-8+. The molecule has 0 unspecified atom stereocenters. The molecule has 2 rings (SSSR count). The number of phenols is 1.